The normalized spacial score (nSPS) is 21.5. The maximum Gasteiger partial charge on any atom is 0.241 e. The molecule has 4 nitrogen and oxygen atoms in total. The van der Waals surface area contributed by atoms with Crippen molar-refractivity contribution in [1.82, 2.24) is 4.90 Å². The van der Waals surface area contributed by atoms with E-state index < -0.39 is 0 Å². The highest BCUT2D eigenvalue weighted by Crippen LogP contribution is 2.22. The van der Waals surface area contributed by atoms with E-state index in [0.717, 1.165) is 19.0 Å². The molecule has 21 heavy (non-hydrogen) atoms. The molecule has 0 saturated carbocycles. The number of rotatable bonds is 4. The van der Waals surface area contributed by atoms with Crippen LogP contribution >= 0.6 is 0 Å². The van der Waals surface area contributed by atoms with Crippen molar-refractivity contribution >= 4 is 17.3 Å². The van der Waals surface area contributed by atoms with E-state index in [-0.39, 0.29) is 11.9 Å². The number of nitrogen functional groups attached to an aromatic ring is 1. The van der Waals surface area contributed by atoms with Gasteiger partial charge in [-0.1, -0.05) is 25.5 Å². The van der Waals surface area contributed by atoms with Crippen molar-refractivity contribution in [3.8, 4) is 0 Å². The Morgan fingerprint density at radius 2 is 2.14 bits per heavy atom. The molecule has 0 spiro atoms. The number of hydrogen-bond donors (Lipinski definition) is 2. The van der Waals surface area contributed by atoms with E-state index in [1.54, 1.807) is 6.07 Å². The van der Waals surface area contributed by atoms with Gasteiger partial charge in [-0.15, -0.1) is 0 Å². The molecule has 1 fully saturated rings. The number of hydrogen-bond acceptors (Lipinski definition) is 3. The Morgan fingerprint density at radius 3 is 2.86 bits per heavy atom. The zero-order valence-corrected chi connectivity index (χ0v) is 13.1. The van der Waals surface area contributed by atoms with Gasteiger partial charge in [0.05, 0.1) is 17.4 Å². The van der Waals surface area contributed by atoms with Gasteiger partial charge < -0.3 is 11.1 Å². The highest BCUT2D eigenvalue weighted by atomic mass is 16.2. The quantitative estimate of drug-likeness (QED) is 0.837. The molecule has 0 aliphatic carbocycles. The largest absolute Gasteiger partial charge is 0.397 e. The van der Waals surface area contributed by atoms with Crippen LogP contribution in [0.5, 0.6) is 0 Å². The molecular weight excluding hydrogens is 262 g/mol. The predicted octanol–water partition coefficient (Wildman–Crippen LogP) is 3.11. The van der Waals surface area contributed by atoms with Gasteiger partial charge in [-0.2, -0.15) is 0 Å². The molecule has 1 saturated heterocycles. The molecule has 1 aromatic rings. The van der Waals surface area contributed by atoms with Gasteiger partial charge in [0.15, 0.2) is 0 Å². The Hall–Kier alpha value is -1.55. The Morgan fingerprint density at radius 1 is 1.38 bits per heavy atom. The van der Waals surface area contributed by atoms with Crippen LogP contribution in [0.25, 0.3) is 0 Å². The molecular formula is C17H27N3O. The van der Waals surface area contributed by atoms with E-state index in [1.165, 1.54) is 25.7 Å². The zero-order valence-electron chi connectivity index (χ0n) is 13.1. The Balaban J connectivity index is 1.94. The number of benzene rings is 1. The van der Waals surface area contributed by atoms with Gasteiger partial charge in [0, 0.05) is 0 Å². The van der Waals surface area contributed by atoms with Crippen molar-refractivity contribution in [2.45, 2.75) is 45.6 Å². The lowest BCUT2D eigenvalue weighted by Gasteiger charge is -2.27. The number of para-hydroxylation sites is 2. The van der Waals surface area contributed by atoms with Crippen molar-refractivity contribution < 1.29 is 4.79 Å². The second kappa shape index (κ2) is 7.46. The number of carbonyl (C=O) groups is 1. The fraction of sp³-hybridized carbons (Fsp3) is 0.588. The summed E-state index contributed by atoms with van der Waals surface area (Å²) in [5, 5.41) is 2.95. The molecule has 1 heterocycles. The van der Waals surface area contributed by atoms with E-state index in [1.807, 2.05) is 25.1 Å². The fourth-order valence-corrected chi connectivity index (χ4v) is 3.00. The van der Waals surface area contributed by atoms with Crippen LogP contribution < -0.4 is 11.1 Å². The molecule has 2 atom stereocenters. The van der Waals surface area contributed by atoms with Crippen LogP contribution in [0.2, 0.25) is 0 Å². The van der Waals surface area contributed by atoms with Gasteiger partial charge in [-0.3, -0.25) is 9.69 Å². The summed E-state index contributed by atoms with van der Waals surface area (Å²) in [4.78, 5) is 14.7. The Labute approximate surface area is 127 Å². The van der Waals surface area contributed by atoms with E-state index in [2.05, 4.69) is 17.1 Å². The third-order valence-electron chi connectivity index (χ3n) is 4.61. The lowest BCUT2D eigenvalue weighted by atomic mass is 9.98. The van der Waals surface area contributed by atoms with E-state index in [4.69, 9.17) is 5.73 Å². The molecule has 0 bridgehead atoms. The first-order valence-electron chi connectivity index (χ1n) is 8.01. The molecule has 1 aliphatic rings. The number of nitrogens with zero attached hydrogens (tertiary/aromatic N) is 1. The smallest absolute Gasteiger partial charge is 0.241 e. The van der Waals surface area contributed by atoms with Gasteiger partial charge in [0.25, 0.3) is 0 Å². The highest BCUT2D eigenvalue weighted by molar-refractivity contribution is 5.97. The number of nitrogens with two attached hydrogens (primary N) is 1. The average molecular weight is 289 g/mol. The topological polar surface area (TPSA) is 58.4 Å². The van der Waals surface area contributed by atoms with Gasteiger partial charge in [0.1, 0.15) is 0 Å². The first-order chi connectivity index (χ1) is 10.1. The highest BCUT2D eigenvalue weighted by Gasteiger charge is 2.24. The second-order valence-corrected chi connectivity index (χ2v) is 5.99. The van der Waals surface area contributed by atoms with Crippen LogP contribution in [0.4, 0.5) is 11.4 Å². The summed E-state index contributed by atoms with van der Waals surface area (Å²) in [6.45, 7) is 6.27. The summed E-state index contributed by atoms with van der Waals surface area (Å²) in [5.41, 5.74) is 7.20. The second-order valence-electron chi connectivity index (χ2n) is 5.99. The minimum atomic E-state index is -0.111. The molecule has 1 amide bonds. The number of carbonyl (C=O) groups excluding carboxylic acids is 1. The molecule has 0 aromatic heterocycles. The molecule has 0 radical (unpaired) electrons. The first-order valence-corrected chi connectivity index (χ1v) is 8.01. The van der Waals surface area contributed by atoms with Crippen LogP contribution in [-0.2, 0) is 4.79 Å². The van der Waals surface area contributed by atoms with Crippen molar-refractivity contribution in [2.24, 2.45) is 5.92 Å². The number of amides is 1. The molecule has 3 N–H and O–H groups in total. The Bertz CT molecular complexity index is 475. The van der Waals surface area contributed by atoms with Gasteiger partial charge in [-0.05, 0) is 57.3 Å². The summed E-state index contributed by atoms with van der Waals surface area (Å²) in [6, 6.07) is 7.29. The average Bonchev–Trinajstić information content (AvgIpc) is 2.74. The maximum absolute atomic E-state index is 12.4. The van der Waals surface area contributed by atoms with Crippen molar-refractivity contribution in [2.75, 3.05) is 24.1 Å². The van der Waals surface area contributed by atoms with Crippen molar-refractivity contribution in [1.29, 1.82) is 0 Å². The summed E-state index contributed by atoms with van der Waals surface area (Å²) in [7, 11) is 0. The summed E-state index contributed by atoms with van der Waals surface area (Å²) in [6.07, 6.45) is 4.91. The van der Waals surface area contributed by atoms with Crippen LogP contribution in [-0.4, -0.2) is 29.9 Å². The summed E-state index contributed by atoms with van der Waals surface area (Å²) >= 11 is 0. The van der Waals surface area contributed by atoms with Crippen LogP contribution in [0, 0.1) is 5.92 Å². The summed E-state index contributed by atoms with van der Waals surface area (Å²) < 4.78 is 0. The number of nitrogens with one attached hydrogen (secondary N) is 1. The zero-order chi connectivity index (χ0) is 15.2. The van der Waals surface area contributed by atoms with Crippen molar-refractivity contribution in [3.05, 3.63) is 24.3 Å². The van der Waals surface area contributed by atoms with Crippen molar-refractivity contribution in [3.63, 3.8) is 0 Å². The minimum Gasteiger partial charge on any atom is -0.397 e. The molecule has 1 aliphatic heterocycles. The van der Waals surface area contributed by atoms with E-state index >= 15 is 0 Å². The third-order valence-corrected chi connectivity index (χ3v) is 4.61. The standard InChI is InChI=1S/C17H27N3O/c1-3-14-7-6-11-20(12-10-14)13(2)17(21)19-16-9-5-4-8-15(16)18/h4-5,8-9,13-14H,3,6-7,10-12,18H2,1-2H3,(H,19,21). The van der Waals surface area contributed by atoms with Gasteiger partial charge in [0.2, 0.25) is 5.91 Å². The Kier molecular flexibility index (Phi) is 5.62. The van der Waals surface area contributed by atoms with E-state index in [9.17, 15) is 4.79 Å². The minimum absolute atomic E-state index is 0.0304. The molecule has 4 heteroatoms. The van der Waals surface area contributed by atoms with Gasteiger partial charge >= 0.3 is 0 Å². The maximum atomic E-state index is 12.4. The van der Waals surface area contributed by atoms with Gasteiger partial charge in [-0.25, -0.2) is 0 Å². The lowest BCUT2D eigenvalue weighted by molar-refractivity contribution is -0.120. The molecule has 1 aromatic carbocycles. The lowest BCUT2D eigenvalue weighted by Crippen LogP contribution is -2.42. The number of anilines is 2. The number of likely N-dealkylation sites (tertiary alicyclic amines) is 1. The van der Waals surface area contributed by atoms with E-state index in [0.29, 0.717) is 11.4 Å². The third kappa shape index (κ3) is 4.21. The van der Waals surface area contributed by atoms with Crippen LogP contribution in [0.3, 0.4) is 0 Å². The van der Waals surface area contributed by atoms with Crippen LogP contribution in [0.1, 0.15) is 39.5 Å². The molecule has 2 unspecified atom stereocenters. The molecule has 116 valence electrons. The SMILES string of the molecule is CCC1CCCN(C(C)C(=O)Nc2ccccc2N)CC1. The predicted molar refractivity (Wildman–Crippen MR) is 88.2 cm³/mol. The fourth-order valence-electron chi connectivity index (χ4n) is 3.00. The van der Waals surface area contributed by atoms with Crippen LogP contribution in [0.15, 0.2) is 24.3 Å². The summed E-state index contributed by atoms with van der Waals surface area (Å²) in [5.74, 6) is 0.845. The molecule has 2 rings (SSSR count). The monoisotopic (exact) mass is 289 g/mol. The first kappa shape index (κ1) is 15.8.